The van der Waals surface area contributed by atoms with Crippen molar-refractivity contribution in [2.24, 2.45) is 11.8 Å². The molecule has 35 heavy (non-hydrogen) atoms. The Morgan fingerprint density at radius 2 is 1.66 bits per heavy atom. The lowest BCUT2D eigenvalue weighted by Crippen LogP contribution is -2.39. The monoisotopic (exact) mass is 473 g/mol. The fourth-order valence-corrected chi connectivity index (χ4v) is 4.51. The van der Waals surface area contributed by atoms with E-state index in [0.29, 0.717) is 13.1 Å². The highest BCUT2D eigenvalue weighted by Gasteiger charge is 2.30. The second kappa shape index (κ2) is 10.8. The third-order valence-electron chi connectivity index (χ3n) is 6.63. The Kier molecular flexibility index (Phi) is 7.54. The number of amides is 2. The van der Waals surface area contributed by atoms with E-state index >= 15 is 0 Å². The maximum Gasteiger partial charge on any atom is 0.227 e. The topological polar surface area (TPSA) is 79.3 Å². The normalized spacial score (nSPS) is 14.3. The van der Waals surface area contributed by atoms with Crippen LogP contribution in [0.15, 0.2) is 54.6 Å². The van der Waals surface area contributed by atoms with Gasteiger partial charge in [-0.1, -0.05) is 57.2 Å². The molecule has 2 heterocycles. The molecule has 0 unspecified atom stereocenters. The van der Waals surface area contributed by atoms with Gasteiger partial charge >= 0.3 is 0 Å². The minimum absolute atomic E-state index is 0.0363. The van der Waals surface area contributed by atoms with Crippen molar-refractivity contribution >= 4 is 29.0 Å². The predicted octanol–water partition coefficient (Wildman–Crippen LogP) is 5.19. The number of rotatable bonds is 7. The molecule has 7 nitrogen and oxygen atoms in total. The molecule has 4 rings (SSSR count). The fourth-order valence-electron chi connectivity index (χ4n) is 4.51. The average Bonchev–Trinajstić information content (AvgIpc) is 3.20. The molecule has 0 aliphatic carbocycles. The highest BCUT2D eigenvalue weighted by atomic mass is 16.2. The van der Waals surface area contributed by atoms with Gasteiger partial charge in [-0.3, -0.25) is 9.59 Å². The third kappa shape index (κ3) is 5.39. The summed E-state index contributed by atoms with van der Waals surface area (Å²) in [5.41, 5.74) is 4.50. The van der Waals surface area contributed by atoms with Crippen LogP contribution >= 0.6 is 0 Å². The van der Waals surface area contributed by atoms with Crippen LogP contribution in [-0.4, -0.2) is 34.7 Å². The Labute approximate surface area is 207 Å². The maximum absolute atomic E-state index is 13.1. The van der Waals surface area contributed by atoms with Crippen molar-refractivity contribution in [3.05, 3.63) is 65.9 Å². The van der Waals surface area contributed by atoms with Crippen LogP contribution in [0.2, 0.25) is 0 Å². The molecule has 7 heteroatoms. The molecule has 1 aromatic heterocycles. The van der Waals surface area contributed by atoms with Crippen LogP contribution in [0.3, 0.4) is 0 Å². The standard InChI is InChI=1S/C28H35N5O2/c1-5-21-11-9-10-14-24(21)29-27(35)22-15-17-32(18-16-22)28-25(30-26(34)19(2)3)20(4)31-33(28)23-12-7-6-8-13-23/h6-14,19,22H,5,15-18H2,1-4H3,(H,29,35)(H,30,34). The first kappa shape index (κ1) is 24.5. The van der Waals surface area contributed by atoms with Gasteiger partial charge in [-0.05, 0) is 49.9 Å². The van der Waals surface area contributed by atoms with E-state index in [-0.39, 0.29) is 23.7 Å². The SMILES string of the molecule is CCc1ccccc1NC(=O)C1CCN(c2c(NC(=O)C(C)C)c(C)nn2-c2ccccc2)CC1. The molecular formula is C28H35N5O2. The van der Waals surface area contributed by atoms with Crippen LogP contribution in [0.1, 0.15) is 44.9 Å². The summed E-state index contributed by atoms with van der Waals surface area (Å²) >= 11 is 0. The van der Waals surface area contributed by atoms with Crippen molar-refractivity contribution in [2.45, 2.75) is 47.0 Å². The number of benzene rings is 2. The number of nitrogens with zero attached hydrogens (tertiary/aromatic N) is 3. The Morgan fingerprint density at radius 3 is 2.31 bits per heavy atom. The van der Waals surface area contributed by atoms with E-state index in [1.54, 1.807) is 0 Å². The molecule has 0 bridgehead atoms. The Balaban J connectivity index is 1.55. The summed E-state index contributed by atoms with van der Waals surface area (Å²) in [5.74, 6) is 0.720. The third-order valence-corrected chi connectivity index (χ3v) is 6.63. The summed E-state index contributed by atoms with van der Waals surface area (Å²) in [6, 6.07) is 17.9. The number of carbonyl (C=O) groups is 2. The van der Waals surface area contributed by atoms with Crippen molar-refractivity contribution in [3.63, 3.8) is 0 Å². The molecule has 0 atom stereocenters. The summed E-state index contributed by atoms with van der Waals surface area (Å²) in [5, 5.41) is 11.0. The minimum atomic E-state index is -0.136. The zero-order chi connectivity index (χ0) is 24.9. The van der Waals surface area contributed by atoms with Gasteiger partial charge in [0.15, 0.2) is 5.82 Å². The summed E-state index contributed by atoms with van der Waals surface area (Å²) in [6.07, 6.45) is 2.34. The van der Waals surface area contributed by atoms with Gasteiger partial charge < -0.3 is 15.5 Å². The highest BCUT2D eigenvalue weighted by molar-refractivity contribution is 5.96. The van der Waals surface area contributed by atoms with Gasteiger partial charge in [-0.2, -0.15) is 5.10 Å². The number of anilines is 3. The van der Waals surface area contributed by atoms with Gasteiger partial charge in [0.05, 0.1) is 11.4 Å². The van der Waals surface area contributed by atoms with E-state index in [1.807, 2.05) is 74.0 Å². The molecule has 0 saturated carbocycles. The number of para-hydroxylation sites is 2. The zero-order valence-corrected chi connectivity index (χ0v) is 21.0. The van der Waals surface area contributed by atoms with Crippen molar-refractivity contribution in [1.29, 1.82) is 0 Å². The molecule has 0 radical (unpaired) electrons. The van der Waals surface area contributed by atoms with Crippen LogP contribution < -0.4 is 15.5 Å². The van der Waals surface area contributed by atoms with Gasteiger partial charge in [0.25, 0.3) is 0 Å². The van der Waals surface area contributed by atoms with Gasteiger partial charge in [0.2, 0.25) is 11.8 Å². The lowest BCUT2D eigenvalue weighted by molar-refractivity contribution is -0.120. The smallest absolute Gasteiger partial charge is 0.227 e. The van der Waals surface area contributed by atoms with Crippen LogP contribution in [-0.2, 0) is 16.0 Å². The lowest BCUT2D eigenvalue weighted by Gasteiger charge is -2.34. The van der Waals surface area contributed by atoms with E-state index in [2.05, 4.69) is 28.5 Å². The molecular weight excluding hydrogens is 438 g/mol. The van der Waals surface area contributed by atoms with Crippen LogP contribution in [0.5, 0.6) is 0 Å². The van der Waals surface area contributed by atoms with Crippen LogP contribution in [0, 0.1) is 18.8 Å². The molecule has 3 aromatic rings. The fraction of sp³-hybridized carbons (Fsp3) is 0.393. The zero-order valence-electron chi connectivity index (χ0n) is 21.0. The number of nitrogens with one attached hydrogen (secondary N) is 2. The summed E-state index contributed by atoms with van der Waals surface area (Å²) < 4.78 is 1.91. The first-order valence-corrected chi connectivity index (χ1v) is 12.5. The minimum Gasteiger partial charge on any atom is -0.355 e. The Hall–Kier alpha value is -3.61. The van der Waals surface area contributed by atoms with Gasteiger partial charge in [-0.25, -0.2) is 4.68 Å². The quantitative estimate of drug-likeness (QED) is 0.495. The van der Waals surface area contributed by atoms with Crippen molar-refractivity contribution < 1.29 is 9.59 Å². The van der Waals surface area contributed by atoms with E-state index in [4.69, 9.17) is 5.10 Å². The van der Waals surface area contributed by atoms with E-state index in [0.717, 1.165) is 53.4 Å². The number of carbonyl (C=O) groups excluding carboxylic acids is 2. The molecule has 2 amide bonds. The summed E-state index contributed by atoms with van der Waals surface area (Å²) in [7, 11) is 0. The van der Waals surface area contributed by atoms with E-state index in [1.165, 1.54) is 0 Å². The number of piperidine rings is 1. The molecule has 1 aliphatic rings. The molecule has 2 aromatic carbocycles. The number of aromatic nitrogens is 2. The molecule has 1 saturated heterocycles. The molecule has 2 N–H and O–H groups in total. The highest BCUT2D eigenvalue weighted by Crippen LogP contribution is 2.35. The first-order chi connectivity index (χ1) is 16.9. The van der Waals surface area contributed by atoms with E-state index in [9.17, 15) is 9.59 Å². The van der Waals surface area contributed by atoms with Crippen molar-refractivity contribution in [3.8, 4) is 5.69 Å². The number of hydrogen-bond acceptors (Lipinski definition) is 4. The summed E-state index contributed by atoms with van der Waals surface area (Å²) in [6.45, 7) is 9.19. The van der Waals surface area contributed by atoms with E-state index < -0.39 is 0 Å². The second-order valence-corrected chi connectivity index (χ2v) is 9.44. The molecule has 1 fully saturated rings. The predicted molar refractivity (Wildman–Crippen MR) is 141 cm³/mol. The van der Waals surface area contributed by atoms with Gasteiger partial charge in [0.1, 0.15) is 5.69 Å². The Morgan fingerprint density at radius 1 is 1.00 bits per heavy atom. The molecule has 184 valence electrons. The van der Waals surface area contributed by atoms with Crippen LogP contribution in [0.25, 0.3) is 5.69 Å². The first-order valence-electron chi connectivity index (χ1n) is 12.5. The number of aryl methyl sites for hydroxylation is 2. The van der Waals surface area contributed by atoms with Gasteiger partial charge in [-0.15, -0.1) is 0 Å². The van der Waals surface area contributed by atoms with Crippen molar-refractivity contribution in [1.82, 2.24) is 9.78 Å². The number of hydrogen-bond donors (Lipinski definition) is 2. The molecule has 0 spiro atoms. The van der Waals surface area contributed by atoms with Gasteiger partial charge in [0, 0.05) is 30.6 Å². The van der Waals surface area contributed by atoms with Crippen LogP contribution in [0.4, 0.5) is 17.2 Å². The largest absolute Gasteiger partial charge is 0.355 e. The molecule has 1 aliphatic heterocycles. The summed E-state index contributed by atoms with van der Waals surface area (Å²) in [4.78, 5) is 27.9. The average molecular weight is 474 g/mol. The van der Waals surface area contributed by atoms with Crippen molar-refractivity contribution in [2.75, 3.05) is 28.6 Å². The lowest BCUT2D eigenvalue weighted by atomic mass is 9.95. The Bertz CT molecular complexity index is 1180. The maximum atomic E-state index is 13.1. The second-order valence-electron chi connectivity index (χ2n) is 9.44.